The number of methoxy groups -OCH3 is 1. The van der Waals surface area contributed by atoms with Crippen LogP contribution in [0.15, 0.2) is 6.20 Å². The molecule has 1 atom stereocenters. The Bertz CT molecular complexity index is 402. The van der Waals surface area contributed by atoms with Gasteiger partial charge in [0.15, 0.2) is 5.78 Å². The summed E-state index contributed by atoms with van der Waals surface area (Å²) in [6, 6.07) is 0. The lowest BCUT2D eigenvalue weighted by atomic mass is 10.0. The number of carbonyl (C=O) groups excluding carboxylic acids is 1. The van der Waals surface area contributed by atoms with Crippen molar-refractivity contribution in [1.82, 2.24) is 9.78 Å². The third-order valence-electron chi connectivity index (χ3n) is 2.84. The number of ketones is 1. The van der Waals surface area contributed by atoms with Gasteiger partial charge in [-0.3, -0.25) is 9.48 Å². The van der Waals surface area contributed by atoms with Gasteiger partial charge >= 0.3 is 0 Å². The van der Waals surface area contributed by atoms with Crippen LogP contribution in [0.4, 0.5) is 0 Å². The molecule has 17 heavy (non-hydrogen) atoms. The highest BCUT2D eigenvalue weighted by atomic mass is 35.5. The zero-order valence-electron chi connectivity index (χ0n) is 9.69. The van der Waals surface area contributed by atoms with Gasteiger partial charge in [0, 0.05) is 18.8 Å². The fourth-order valence-corrected chi connectivity index (χ4v) is 3.34. The molecule has 1 saturated heterocycles. The largest absolute Gasteiger partial charge is 0.383 e. The van der Waals surface area contributed by atoms with E-state index in [-0.39, 0.29) is 11.7 Å². The van der Waals surface area contributed by atoms with E-state index in [4.69, 9.17) is 16.3 Å². The molecule has 0 aromatic carbocycles. The van der Waals surface area contributed by atoms with Crippen LogP contribution < -0.4 is 0 Å². The van der Waals surface area contributed by atoms with Gasteiger partial charge in [-0.25, -0.2) is 0 Å². The molecule has 94 valence electrons. The lowest BCUT2D eigenvalue weighted by Crippen LogP contribution is -2.20. The molecule has 0 spiro atoms. The highest BCUT2D eigenvalue weighted by molar-refractivity contribution is 7.99. The molecule has 0 amide bonds. The number of aromatic nitrogens is 2. The van der Waals surface area contributed by atoms with E-state index in [2.05, 4.69) is 5.10 Å². The van der Waals surface area contributed by atoms with Gasteiger partial charge in [-0.05, 0) is 12.2 Å². The maximum Gasteiger partial charge on any atom is 0.186 e. The second-order valence-corrected chi connectivity index (χ2v) is 5.54. The Hall–Kier alpha value is -0.520. The molecule has 1 aromatic rings. The Kier molecular flexibility index (Phi) is 4.48. The van der Waals surface area contributed by atoms with Crippen molar-refractivity contribution < 1.29 is 9.53 Å². The van der Waals surface area contributed by atoms with Crippen molar-refractivity contribution in [2.24, 2.45) is 5.92 Å². The smallest absolute Gasteiger partial charge is 0.186 e. The molecule has 0 N–H and O–H groups in total. The minimum absolute atomic E-state index is 0.0931. The fourth-order valence-electron chi connectivity index (χ4n) is 1.89. The SMILES string of the molecule is COCCn1ncc(Cl)c1C(=O)C1CCSC1. The number of rotatable bonds is 5. The summed E-state index contributed by atoms with van der Waals surface area (Å²) >= 11 is 7.86. The molecule has 2 heterocycles. The Labute approximate surface area is 110 Å². The molecule has 1 fully saturated rings. The molecule has 2 rings (SSSR count). The number of nitrogens with zero attached hydrogens (tertiary/aromatic N) is 2. The summed E-state index contributed by atoms with van der Waals surface area (Å²) in [5, 5.41) is 4.57. The number of Topliss-reactive ketones (excluding diaryl/α,β-unsaturated/α-hetero) is 1. The van der Waals surface area contributed by atoms with Crippen LogP contribution in [0.1, 0.15) is 16.9 Å². The number of ether oxygens (including phenoxy) is 1. The van der Waals surface area contributed by atoms with Crippen molar-refractivity contribution in [3.63, 3.8) is 0 Å². The number of hydrogen-bond donors (Lipinski definition) is 0. The second kappa shape index (κ2) is 5.89. The zero-order chi connectivity index (χ0) is 12.3. The van der Waals surface area contributed by atoms with Crippen LogP contribution in [-0.4, -0.2) is 40.8 Å². The standard InChI is InChI=1S/C11H15ClN2O2S/c1-16-4-3-14-10(9(12)6-13-14)11(15)8-2-5-17-7-8/h6,8H,2-5,7H2,1H3. The van der Waals surface area contributed by atoms with E-state index in [1.54, 1.807) is 11.8 Å². The molecular weight excluding hydrogens is 260 g/mol. The quantitative estimate of drug-likeness (QED) is 0.772. The van der Waals surface area contributed by atoms with E-state index in [1.165, 1.54) is 6.20 Å². The average molecular weight is 275 g/mol. The van der Waals surface area contributed by atoms with Crippen LogP contribution in [0.25, 0.3) is 0 Å². The first-order valence-electron chi connectivity index (χ1n) is 5.56. The van der Waals surface area contributed by atoms with Crippen LogP contribution in [0.5, 0.6) is 0 Å². The first-order valence-corrected chi connectivity index (χ1v) is 7.09. The normalized spacial score (nSPS) is 19.8. The van der Waals surface area contributed by atoms with E-state index in [0.29, 0.717) is 23.9 Å². The van der Waals surface area contributed by atoms with Gasteiger partial charge in [0.1, 0.15) is 5.69 Å². The summed E-state index contributed by atoms with van der Waals surface area (Å²) in [5.74, 6) is 2.16. The van der Waals surface area contributed by atoms with Gasteiger partial charge in [-0.15, -0.1) is 0 Å². The minimum Gasteiger partial charge on any atom is -0.383 e. The van der Waals surface area contributed by atoms with Crippen LogP contribution in [-0.2, 0) is 11.3 Å². The monoisotopic (exact) mass is 274 g/mol. The van der Waals surface area contributed by atoms with Crippen LogP contribution in [0.2, 0.25) is 5.02 Å². The molecule has 4 nitrogen and oxygen atoms in total. The van der Waals surface area contributed by atoms with Gasteiger partial charge in [0.25, 0.3) is 0 Å². The molecule has 0 saturated carbocycles. The summed E-state index contributed by atoms with van der Waals surface area (Å²) < 4.78 is 6.65. The maximum absolute atomic E-state index is 12.3. The molecular formula is C11H15ClN2O2S. The van der Waals surface area contributed by atoms with Crippen LogP contribution >= 0.6 is 23.4 Å². The topological polar surface area (TPSA) is 44.1 Å². The van der Waals surface area contributed by atoms with Gasteiger partial charge < -0.3 is 4.74 Å². The Balaban J connectivity index is 2.17. The van der Waals surface area contributed by atoms with Crippen LogP contribution in [0.3, 0.4) is 0 Å². The summed E-state index contributed by atoms with van der Waals surface area (Å²) in [6.07, 6.45) is 2.47. The Morgan fingerprint density at radius 1 is 1.76 bits per heavy atom. The number of hydrogen-bond acceptors (Lipinski definition) is 4. The predicted octanol–water partition coefficient (Wildman–Crippen LogP) is 2.12. The third-order valence-corrected chi connectivity index (χ3v) is 4.27. The number of halogens is 1. The van der Waals surface area contributed by atoms with Crippen molar-refractivity contribution in [3.8, 4) is 0 Å². The van der Waals surface area contributed by atoms with Gasteiger partial charge in [0.2, 0.25) is 0 Å². The highest BCUT2D eigenvalue weighted by Gasteiger charge is 2.28. The maximum atomic E-state index is 12.3. The Morgan fingerprint density at radius 3 is 3.24 bits per heavy atom. The van der Waals surface area contributed by atoms with Crippen molar-refractivity contribution in [1.29, 1.82) is 0 Å². The second-order valence-electron chi connectivity index (χ2n) is 3.98. The molecule has 1 aromatic heterocycles. The van der Waals surface area contributed by atoms with E-state index >= 15 is 0 Å². The van der Waals surface area contributed by atoms with E-state index in [1.807, 2.05) is 11.8 Å². The average Bonchev–Trinajstić information content (AvgIpc) is 2.95. The van der Waals surface area contributed by atoms with E-state index < -0.39 is 0 Å². The third kappa shape index (κ3) is 2.84. The van der Waals surface area contributed by atoms with Crippen molar-refractivity contribution in [3.05, 3.63) is 16.9 Å². The van der Waals surface area contributed by atoms with Crippen molar-refractivity contribution in [2.75, 3.05) is 25.2 Å². The number of carbonyl (C=O) groups is 1. The van der Waals surface area contributed by atoms with Crippen molar-refractivity contribution >= 4 is 29.1 Å². The molecule has 0 aliphatic carbocycles. The first kappa shape index (κ1) is 12.9. The highest BCUT2D eigenvalue weighted by Crippen LogP contribution is 2.29. The fraction of sp³-hybridized carbons (Fsp3) is 0.636. The zero-order valence-corrected chi connectivity index (χ0v) is 11.3. The van der Waals surface area contributed by atoms with Crippen LogP contribution in [0, 0.1) is 5.92 Å². The summed E-state index contributed by atoms with van der Waals surface area (Å²) in [7, 11) is 1.63. The van der Waals surface area contributed by atoms with Gasteiger partial charge in [0.05, 0.1) is 24.4 Å². The summed E-state index contributed by atoms with van der Waals surface area (Å²) in [4.78, 5) is 12.3. The molecule has 6 heteroatoms. The van der Waals surface area contributed by atoms with Gasteiger partial charge in [-0.1, -0.05) is 11.6 Å². The molecule has 1 aliphatic rings. The lowest BCUT2D eigenvalue weighted by molar-refractivity contribution is 0.0919. The predicted molar refractivity (Wildman–Crippen MR) is 68.9 cm³/mol. The molecule has 1 aliphatic heterocycles. The van der Waals surface area contributed by atoms with E-state index in [9.17, 15) is 4.79 Å². The molecule has 1 unspecified atom stereocenters. The number of thioether (sulfide) groups is 1. The first-order chi connectivity index (χ1) is 8.24. The van der Waals surface area contributed by atoms with E-state index in [0.717, 1.165) is 17.9 Å². The molecule has 0 radical (unpaired) electrons. The lowest BCUT2D eigenvalue weighted by Gasteiger charge is -2.10. The Morgan fingerprint density at radius 2 is 2.59 bits per heavy atom. The van der Waals surface area contributed by atoms with Crippen molar-refractivity contribution in [2.45, 2.75) is 13.0 Å². The minimum atomic E-state index is 0.0931. The van der Waals surface area contributed by atoms with Gasteiger partial charge in [-0.2, -0.15) is 16.9 Å². The molecule has 0 bridgehead atoms. The summed E-state index contributed by atoms with van der Waals surface area (Å²) in [5.41, 5.74) is 0.538. The summed E-state index contributed by atoms with van der Waals surface area (Å²) in [6.45, 7) is 1.09.